The van der Waals surface area contributed by atoms with Crippen LogP contribution in [0.25, 0.3) is 5.65 Å². The van der Waals surface area contributed by atoms with Crippen molar-refractivity contribution in [1.29, 1.82) is 0 Å². The van der Waals surface area contributed by atoms with Crippen LogP contribution in [0.4, 0.5) is 0 Å². The van der Waals surface area contributed by atoms with E-state index in [-0.39, 0.29) is 0 Å². The molecule has 19 heavy (non-hydrogen) atoms. The summed E-state index contributed by atoms with van der Waals surface area (Å²) in [6.45, 7) is 3.76. The molecule has 3 rings (SSSR count). The second-order valence-electron chi connectivity index (χ2n) is 5.13. The van der Waals surface area contributed by atoms with E-state index < -0.39 is 0 Å². The van der Waals surface area contributed by atoms with Gasteiger partial charge in [-0.3, -0.25) is 0 Å². The van der Waals surface area contributed by atoms with Crippen molar-refractivity contribution in [3.63, 3.8) is 0 Å². The number of hydrogen-bond acceptors (Lipinski definition) is 3. The number of nitrogens with one attached hydrogen (secondary N) is 1. The zero-order valence-electron chi connectivity index (χ0n) is 11.0. The maximum absolute atomic E-state index is 5.96. The van der Waals surface area contributed by atoms with Crippen molar-refractivity contribution in [2.75, 3.05) is 6.61 Å². The highest BCUT2D eigenvalue weighted by atomic mass is 35.5. The second-order valence-corrected chi connectivity index (χ2v) is 5.57. The van der Waals surface area contributed by atoms with Gasteiger partial charge in [0, 0.05) is 31.6 Å². The molecule has 1 fully saturated rings. The highest BCUT2D eigenvalue weighted by Gasteiger charge is 2.18. The van der Waals surface area contributed by atoms with Crippen molar-refractivity contribution in [1.82, 2.24) is 14.7 Å². The van der Waals surface area contributed by atoms with Crippen molar-refractivity contribution in [3.05, 3.63) is 35.2 Å². The molecule has 5 heteroatoms. The molecule has 1 aliphatic heterocycles. The minimum atomic E-state index is 0.353. The van der Waals surface area contributed by atoms with Crippen LogP contribution in [0.5, 0.6) is 0 Å². The summed E-state index contributed by atoms with van der Waals surface area (Å²) in [5.41, 5.74) is 1.97. The van der Waals surface area contributed by atoms with E-state index in [0.29, 0.717) is 12.1 Å². The monoisotopic (exact) mass is 279 g/mol. The van der Waals surface area contributed by atoms with Crippen LogP contribution in [-0.2, 0) is 11.3 Å². The van der Waals surface area contributed by atoms with E-state index in [1.807, 2.05) is 28.9 Å². The molecule has 1 aliphatic rings. The predicted octanol–water partition coefficient (Wildman–Crippen LogP) is 2.64. The average molecular weight is 280 g/mol. The van der Waals surface area contributed by atoms with E-state index in [1.165, 1.54) is 0 Å². The standard InChI is InChI=1S/C14H18ClN3O/c1-10-6-12(4-5-19-10)16-7-13-9-18-8-11(15)2-3-14(18)17-13/h2-3,8-10,12,16H,4-7H2,1H3. The molecular formula is C14H18ClN3O. The molecule has 0 saturated carbocycles. The summed E-state index contributed by atoms with van der Waals surface area (Å²) in [5, 5.41) is 4.28. The number of fused-ring (bicyclic) bond motifs is 1. The van der Waals surface area contributed by atoms with Crippen LogP contribution >= 0.6 is 11.6 Å². The van der Waals surface area contributed by atoms with Gasteiger partial charge >= 0.3 is 0 Å². The predicted molar refractivity (Wildman–Crippen MR) is 75.5 cm³/mol. The van der Waals surface area contributed by atoms with Gasteiger partial charge in [0.15, 0.2) is 0 Å². The number of hydrogen-bond donors (Lipinski definition) is 1. The van der Waals surface area contributed by atoms with Gasteiger partial charge in [0.2, 0.25) is 0 Å². The maximum atomic E-state index is 5.96. The molecule has 0 radical (unpaired) electrons. The second kappa shape index (κ2) is 5.49. The van der Waals surface area contributed by atoms with Gasteiger partial charge in [-0.1, -0.05) is 11.6 Å². The Bertz CT molecular complexity index is 569. The minimum Gasteiger partial charge on any atom is -0.378 e. The normalized spacial score (nSPS) is 23.9. The molecule has 0 spiro atoms. The Labute approximate surface area is 117 Å². The summed E-state index contributed by atoms with van der Waals surface area (Å²) >= 11 is 5.96. The van der Waals surface area contributed by atoms with Crippen molar-refractivity contribution < 1.29 is 4.74 Å². The van der Waals surface area contributed by atoms with Gasteiger partial charge in [0.1, 0.15) is 5.65 Å². The zero-order chi connectivity index (χ0) is 13.2. The van der Waals surface area contributed by atoms with E-state index in [4.69, 9.17) is 16.3 Å². The number of ether oxygens (including phenoxy) is 1. The molecule has 1 N–H and O–H groups in total. The van der Waals surface area contributed by atoms with Gasteiger partial charge in [0.25, 0.3) is 0 Å². The molecule has 0 aromatic carbocycles. The van der Waals surface area contributed by atoms with Crippen molar-refractivity contribution in [2.45, 2.75) is 38.5 Å². The zero-order valence-corrected chi connectivity index (χ0v) is 11.7. The Morgan fingerprint density at radius 3 is 3.21 bits per heavy atom. The summed E-state index contributed by atoms with van der Waals surface area (Å²) < 4.78 is 7.51. The first-order valence-electron chi connectivity index (χ1n) is 6.69. The molecule has 2 atom stereocenters. The molecule has 1 saturated heterocycles. The molecule has 0 bridgehead atoms. The summed E-state index contributed by atoms with van der Waals surface area (Å²) in [7, 11) is 0. The van der Waals surface area contributed by atoms with Crippen LogP contribution in [0.1, 0.15) is 25.5 Å². The van der Waals surface area contributed by atoms with Gasteiger partial charge in [0.05, 0.1) is 16.8 Å². The molecule has 102 valence electrons. The van der Waals surface area contributed by atoms with Crippen molar-refractivity contribution in [3.8, 4) is 0 Å². The molecule has 0 aliphatic carbocycles. The van der Waals surface area contributed by atoms with Crippen LogP contribution in [0, 0.1) is 0 Å². The van der Waals surface area contributed by atoms with Crippen molar-refractivity contribution >= 4 is 17.2 Å². The minimum absolute atomic E-state index is 0.353. The van der Waals surface area contributed by atoms with Gasteiger partial charge in [-0.05, 0) is 31.9 Å². The number of halogens is 1. The molecule has 4 nitrogen and oxygen atoms in total. The lowest BCUT2D eigenvalue weighted by molar-refractivity contribution is 0.0130. The number of pyridine rings is 1. The fraction of sp³-hybridized carbons (Fsp3) is 0.500. The van der Waals surface area contributed by atoms with Crippen LogP contribution < -0.4 is 5.32 Å². The highest BCUT2D eigenvalue weighted by Crippen LogP contribution is 2.15. The smallest absolute Gasteiger partial charge is 0.137 e. The number of imidazole rings is 1. The van der Waals surface area contributed by atoms with Crippen LogP contribution in [0.15, 0.2) is 24.5 Å². The van der Waals surface area contributed by atoms with Crippen molar-refractivity contribution in [2.24, 2.45) is 0 Å². The first-order chi connectivity index (χ1) is 9.20. The third-order valence-electron chi connectivity index (χ3n) is 3.52. The average Bonchev–Trinajstić information content (AvgIpc) is 2.78. The van der Waals surface area contributed by atoms with E-state index in [0.717, 1.165) is 42.4 Å². The lowest BCUT2D eigenvalue weighted by Crippen LogP contribution is -2.37. The fourth-order valence-corrected chi connectivity index (χ4v) is 2.70. The number of rotatable bonds is 3. The Morgan fingerprint density at radius 2 is 2.37 bits per heavy atom. The Kier molecular flexibility index (Phi) is 3.73. The van der Waals surface area contributed by atoms with E-state index in [1.54, 1.807) is 0 Å². The third-order valence-corrected chi connectivity index (χ3v) is 3.75. The van der Waals surface area contributed by atoms with Gasteiger partial charge in [-0.2, -0.15) is 0 Å². The SMILES string of the molecule is CC1CC(NCc2cn3cc(Cl)ccc3n2)CCO1. The first-order valence-corrected chi connectivity index (χ1v) is 7.06. The summed E-state index contributed by atoms with van der Waals surface area (Å²) in [6, 6.07) is 4.32. The highest BCUT2D eigenvalue weighted by molar-refractivity contribution is 6.30. The lowest BCUT2D eigenvalue weighted by Gasteiger charge is -2.27. The first kappa shape index (κ1) is 12.9. The van der Waals surface area contributed by atoms with Crippen LogP contribution in [0.3, 0.4) is 0 Å². The lowest BCUT2D eigenvalue weighted by atomic mass is 10.0. The van der Waals surface area contributed by atoms with Crippen LogP contribution in [-0.4, -0.2) is 28.1 Å². The van der Waals surface area contributed by atoms with E-state index >= 15 is 0 Å². The molecule has 0 amide bonds. The summed E-state index contributed by atoms with van der Waals surface area (Å²) in [5.74, 6) is 0. The Hall–Kier alpha value is -1.10. The maximum Gasteiger partial charge on any atom is 0.137 e. The fourth-order valence-electron chi connectivity index (χ4n) is 2.53. The quantitative estimate of drug-likeness (QED) is 0.939. The van der Waals surface area contributed by atoms with Crippen LogP contribution in [0.2, 0.25) is 5.02 Å². The molecule has 3 heterocycles. The number of nitrogens with zero attached hydrogens (tertiary/aromatic N) is 2. The van der Waals surface area contributed by atoms with Gasteiger partial charge in [-0.15, -0.1) is 0 Å². The molecule has 2 aromatic rings. The van der Waals surface area contributed by atoms with E-state index in [9.17, 15) is 0 Å². The van der Waals surface area contributed by atoms with Gasteiger partial charge in [-0.25, -0.2) is 4.98 Å². The summed E-state index contributed by atoms with van der Waals surface area (Å²) in [6.07, 6.45) is 6.40. The Morgan fingerprint density at radius 1 is 1.47 bits per heavy atom. The molecule has 2 aromatic heterocycles. The third kappa shape index (κ3) is 3.08. The summed E-state index contributed by atoms with van der Waals surface area (Å²) in [4.78, 5) is 4.57. The molecule has 2 unspecified atom stereocenters. The molecular weight excluding hydrogens is 262 g/mol. The largest absolute Gasteiger partial charge is 0.378 e. The van der Waals surface area contributed by atoms with E-state index in [2.05, 4.69) is 17.2 Å². The van der Waals surface area contributed by atoms with Gasteiger partial charge < -0.3 is 14.5 Å². The topological polar surface area (TPSA) is 38.6 Å². The Balaban J connectivity index is 1.65. The number of aromatic nitrogens is 2.